The first kappa shape index (κ1) is 30.4. The molecule has 4 aliphatic rings. The van der Waals surface area contributed by atoms with E-state index in [4.69, 9.17) is 32.9 Å². The fourth-order valence-electron chi connectivity index (χ4n) is 8.62. The zero-order chi connectivity index (χ0) is 32.4. The van der Waals surface area contributed by atoms with Crippen molar-refractivity contribution in [2.45, 2.75) is 55.9 Å². The van der Waals surface area contributed by atoms with Gasteiger partial charge >= 0.3 is 0 Å². The summed E-state index contributed by atoms with van der Waals surface area (Å²) in [6.07, 6.45) is 3.68. The molecule has 0 spiro atoms. The third kappa shape index (κ3) is 4.85. The fraction of sp³-hybridized carbons (Fsp3) is 0.378. The minimum Gasteiger partial charge on any atom is -0.475 e. The number of halogens is 3. The predicted molar refractivity (Wildman–Crippen MR) is 184 cm³/mol. The average molecular weight is 671 g/mol. The molecule has 4 atom stereocenters. The summed E-state index contributed by atoms with van der Waals surface area (Å²) in [6.45, 7) is 6.53. The van der Waals surface area contributed by atoms with Crippen molar-refractivity contribution in [1.82, 2.24) is 14.8 Å². The summed E-state index contributed by atoms with van der Waals surface area (Å²) in [7, 11) is 0. The first-order chi connectivity index (χ1) is 22.8. The second-order valence-electron chi connectivity index (χ2n) is 13.2. The molecule has 47 heavy (non-hydrogen) atoms. The van der Waals surface area contributed by atoms with Gasteiger partial charge in [-0.1, -0.05) is 60.1 Å². The second-order valence-corrected chi connectivity index (χ2v) is 14.1. The number of nitriles is 1. The van der Waals surface area contributed by atoms with E-state index in [2.05, 4.69) is 22.4 Å². The van der Waals surface area contributed by atoms with Gasteiger partial charge in [-0.25, -0.2) is 9.37 Å². The summed E-state index contributed by atoms with van der Waals surface area (Å²) in [5, 5.41) is 14.0. The predicted octanol–water partition coefficient (Wildman–Crippen LogP) is 7.36. The van der Waals surface area contributed by atoms with Crippen LogP contribution in [0.1, 0.15) is 31.2 Å². The molecule has 1 amide bonds. The number of aromatic nitrogens is 1. The quantitative estimate of drug-likeness (QED) is 0.192. The number of carbonyl (C=O) groups excluding carboxylic acids is 1. The van der Waals surface area contributed by atoms with Crippen LogP contribution in [-0.4, -0.2) is 77.3 Å². The number of rotatable bonds is 7. The molecule has 4 aromatic rings. The van der Waals surface area contributed by atoms with E-state index < -0.39 is 6.17 Å². The van der Waals surface area contributed by atoms with Crippen molar-refractivity contribution in [3.05, 3.63) is 76.8 Å². The minimum atomic E-state index is -0.878. The number of ether oxygens (including phenoxy) is 1. The zero-order valence-corrected chi connectivity index (χ0v) is 27.4. The average Bonchev–Trinajstić information content (AvgIpc) is 3.70. The SMILES string of the molecule is C=CC(=O)N1CC[C@@H]2[C@H]1CN2c1c(CC#N)c(OC[C@@]23CCCN2C[C@H](F)C3)nc2cc(-c3cccc4cccc(Cl)c34)c(Cl)cc12. The molecule has 4 saturated heterocycles. The van der Waals surface area contributed by atoms with E-state index >= 15 is 0 Å². The number of pyridine rings is 1. The monoisotopic (exact) mass is 669 g/mol. The largest absolute Gasteiger partial charge is 0.475 e. The van der Waals surface area contributed by atoms with Gasteiger partial charge in [0, 0.05) is 52.4 Å². The van der Waals surface area contributed by atoms with Gasteiger partial charge in [-0.15, -0.1) is 0 Å². The van der Waals surface area contributed by atoms with Crippen LogP contribution in [0.25, 0.3) is 32.8 Å². The summed E-state index contributed by atoms with van der Waals surface area (Å²) in [4.78, 5) is 24.1. The fourth-order valence-corrected chi connectivity index (χ4v) is 9.17. The Morgan fingerprint density at radius 1 is 1.13 bits per heavy atom. The van der Waals surface area contributed by atoms with Crippen molar-refractivity contribution < 1.29 is 13.9 Å². The van der Waals surface area contributed by atoms with Gasteiger partial charge in [-0.05, 0) is 61.0 Å². The highest BCUT2D eigenvalue weighted by Crippen LogP contribution is 2.48. The Morgan fingerprint density at radius 3 is 2.77 bits per heavy atom. The molecule has 1 aromatic heterocycles. The minimum absolute atomic E-state index is 0.0569. The molecule has 5 heterocycles. The van der Waals surface area contributed by atoms with Crippen molar-refractivity contribution >= 4 is 56.5 Å². The van der Waals surface area contributed by atoms with Crippen molar-refractivity contribution in [3.8, 4) is 23.1 Å². The third-order valence-electron chi connectivity index (χ3n) is 10.8. The smallest absolute Gasteiger partial charge is 0.246 e. The summed E-state index contributed by atoms with van der Waals surface area (Å²) in [5.41, 5.74) is 3.54. The summed E-state index contributed by atoms with van der Waals surface area (Å²) >= 11 is 13.9. The maximum absolute atomic E-state index is 14.7. The van der Waals surface area contributed by atoms with Crippen LogP contribution >= 0.6 is 23.2 Å². The molecule has 4 aliphatic heterocycles. The Morgan fingerprint density at radius 2 is 1.96 bits per heavy atom. The molecule has 0 saturated carbocycles. The van der Waals surface area contributed by atoms with Gasteiger partial charge in [-0.3, -0.25) is 9.69 Å². The number of likely N-dealkylation sites (tertiary alicyclic amines) is 1. The number of anilines is 1. The Labute approximate surface area is 283 Å². The van der Waals surface area contributed by atoms with Crippen LogP contribution in [-0.2, 0) is 11.2 Å². The van der Waals surface area contributed by atoms with Gasteiger partial charge in [0.15, 0.2) is 0 Å². The number of nitrogens with zero attached hydrogens (tertiary/aromatic N) is 5. The van der Waals surface area contributed by atoms with Gasteiger partial charge in [0.25, 0.3) is 0 Å². The molecule has 240 valence electrons. The van der Waals surface area contributed by atoms with Gasteiger partial charge < -0.3 is 14.5 Å². The number of carbonyl (C=O) groups is 1. The molecule has 3 aromatic carbocycles. The maximum Gasteiger partial charge on any atom is 0.246 e. The first-order valence-electron chi connectivity index (χ1n) is 16.2. The number of benzene rings is 3. The second kappa shape index (κ2) is 11.7. The van der Waals surface area contributed by atoms with Crippen molar-refractivity contribution in [2.24, 2.45) is 0 Å². The Kier molecular flexibility index (Phi) is 7.55. The maximum atomic E-state index is 14.7. The number of amides is 1. The van der Waals surface area contributed by atoms with E-state index in [-0.39, 0.29) is 30.0 Å². The van der Waals surface area contributed by atoms with E-state index in [1.807, 2.05) is 53.4 Å². The number of fused-ring (bicyclic) bond motifs is 4. The molecule has 0 N–H and O–H groups in total. The molecule has 7 nitrogen and oxygen atoms in total. The molecule has 4 fully saturated rings. The molecular weight excluding hydrogens is 636 g/mol. The van der Waals surface area contributed by atoms with E-state index in [0.717, 1.165) is 58.8 Å². The lowest BCUT2D eigenvalue weighted by atomic mass is 9.91. The lowest BCUT2D eigenvalue weighted by Crippen LogP contribution is -2.63. The molecule has 0 bridgehead atoms. The molecule has 0 aliphatic carbocycles. The first-order valence-corrected chi connectivity index (χ1v) is 17.0. The van der Waals surface area contributed by atoms with Gasteiger partial charge in [-0.2, -0.15) is 5.26 Å². The molecule has 10 heteroatoms. The van der Waals surface area contributed by atoms with Crippen molar-refractivity contribution in [1.29, 1.82) is 5.26 Å². The number of alkyl halides is 1. The van der Waals surface area contributed by atoms with Crippen LogP contribution in [0.3, 0.4) is 0 Å². The van der Waals surface area contributed by atoms with E-state index in [0.29, 0.717) is 59.7 Å². The van der Waals surface area contributed by atoms with E-state index in [9.17, 15) is 14.4 Å². The van der Waals surface area contributed by atoms with Gasteiger partial charge in [0.2, 0.25) is 11.8 Å². The summed E-state index contributed by atoms with van der Waals surface area (Å²) < 4.78 is 21.3. The third-order valence-corrected chi connectivity index (χ3v) is 11.4. The van der Waals surface area contributed by atoms with E-state index in [1.165, 1.54) is 6.08 Å². The normalized spacial score (nSPS) is 25.1. The Balaban J connectivity index is 1.28. The standard InChI is InChI=1S/C37H34Cl2FN5O2/c1-2-33(46)44-15-11-31-32(44)20-45(31)35-25(10-13-41)36(47-21-37-12-5-14-43(37)19-23(40)18-37)42-30-17-26(29(39)16-27(30)35)24-8-3-6-22-7-4-9-28(38)34(22)24/h2-4,6-9,16-17,23,31-32H,1,5,10-12,14-15,18-21H2/t23-,31-,32-,37+/m1/s1. The van der Waals surface area contributed by atoms with Crippen LogP contribution in [0.15, 0.2) is 61.2 Å². The van der Waals surface area contributed by atoms with Crippen LogP contribution in [0.5, 0.6) is 5.88 Å². The van der Waals surface area contributed by atoms with Gasteiger partial charge in [0.05, 0.1) is 46.9 Å². The Hall–Kier alpha value is -3.90. The topological polar surface area (TPSA) is 72.7 Å². The highest BCUT2D eigenvalue weighted by Gasteiger charge is 2.51. The zero-order valence-electron chi connectivity index (χ0n) is 25.9. The molecule has 0 unspecified atom stereocenters. The molecule has 8 rings (SSSR count). The highest BCUT2D eigenvalue weighted by atomic mass is 35.5. The van der Waals surface area contributed by atoms with Crippen LogP contribution in [0, 0.1) is 11.3 Å². The Bertz CT molecular complexity index is 1990. The molecular formula is C37H34Cl2FN5O2. The number of hydrogen-bond acceptors (Lipinski definition) is 6. The van der Waals surface area contributed by atoms with Crippen LogP contribution < -0.4 is 9.64 Å². The summed E-state index contributed by atoms with van der Waals surface area (Å²) in [5.74, 6) is 0.324. The van der Waals surface area contributed by atoms with Crippen molar-refractivity contribution in [2.75, 3.05) is 37.7 Å². The highest BCUT2D eigenvalue weighted by molar-refractivity contribution is 6.38. The lowest BCUT2D eigenvalue weighted by molar-refractivity contribution is -0.127. The molecule has 0 radical (unpaired) electrons. The lowest BCUT2D eigenvalue weighted by Gasteiger charge is -2.49. The van der Waals surface area contributed by atoms with Crippen LogP contribution in [0.4, 0.5) is 10.1 Å². The van der Waals surface area contributed by atoms with Gasteiger partial charge in [0.1, 0.15) is 12.8 Å². The van der Waals surface area contributed by atoms with Crippen LogP contribution in [0.2, 0.25) is 10.0 Å². The van der Waals surface area contributed by atoms with Crippen molar-refractivity contribution in [3.63, 3.8) is 0 Å². The summed E-state index contributed by atoms with van der Waals surface area (Å²) in [6, 6.07) is 18.2. The van der Waals surface area contributed by atoms with E-state index in [1.54, 1.807) is 0 Å². The number of hydrogen-bond donors (Lipinski definition) is 0.